The maximum atomic E-state index is 12.7. The number of alkyl halides is 2. The maximum Gasteiger partial charge on any atom is 0.250 e. The summed E-state index contributed by atoms with van der Waals surface area (Å²) in [6.07, 6.45) is -2.21. The number of aromatic amines is 1. The summed E-state index contributed by atoms with van der Waals surface area (Å²) >= 11 is 0. The van der Waals surface area contributed by atoms with Gasteiger partial charge in [-0.2, -0.15) is 0 Å². The average molecular weight is 321 g/mol. The number of halogens is 2. The number of aromatic nitrogens is 3. The molecule has 0 spiro atoms. The van der Waals surface area contributed by atoms with Crippen LogP contribution in [0.15, 0.2) is 24.3 Å². The molecule has 120 valence electrons. The molecule has 0 bridgehead atoms. The largest absolute Gasteiger partial charge is 0.437 e. The van der Waals surface area contributed by atoms with Crippen molar-refractivity contribution >= 4 is 0 Å². The molecule has 6 nitrogen and oxygen atoms in total. The summed E-state index contributed by atoms with van der Waals surface area (Å²) < 4.78 is 30.9. The van der Waals surface area contributed by atoms with Crippen molar-refractivity contribution in [2.24, 2.45) is 5.92 Å². The molecule has 1 aromatic carbocycles. The van der Waals surface area contributed by atoms with Crippen LogP contribution in [0.2, 0.25) is 0 Å². The molecule has 0 atom stereocenters. The fraction of sp³-hybridized carbons (Fsp3) is 0.333. The van der Waals surface area contributed by atoms with Crippen LogP contribution in [-0.2, 0) is 0 Å². The van der Waals surface area contributed by atoms with Crippen LogP contribution in [0.4, 0.5) is 8.78 Å². The maximum absolute atomic E-state index is 12.7. The van der Waals surface area contributed by atoms with E-state index in [0.717, 1.165) is 0 Å². The van der Waals surface area contributed by atoms with Gasteiger partial charge >= 0.3 is 0 Å². The van der Waals surface area contributed by atoms with E-state index in [0.29, 0.717) is 11.3 Å². The molecular weight excluding hydrogens is 308 g/mol. The predicted octanol–water partition coefficient (Wildman–Crippen LogP) is 1.98. The van der Waals surface area contributed by atoms with Crippen molar-refractivity contribution in [1.29, 1.82) is 0 Å². The lowest BCUT2D eigenvalue weighted by Gasteiger charge is -2.31. The number of nitrogens with one attached hydrogen (secondary N) is 1. The number of aliphatic hydroxyl groups excluding tert-OH is 1. The number of nitrogens with zero attached hydrogens (tertiary/aromatic N) is 2. The minimum Gasteiger partial charge on any atom is -0.437 e. The Morgan fingerprint density at radius 3 is 2.83 bits per heavy atom. The summed E-state index contributed by atoms with van der Waals surface area (Å²) in [7, 11) is 0. The second kappa shape index (κ2) is 5.95. The van der Waals surface area contributed by atoms with E-state index in [9.17, 15) is 8.78 Å². The Bertz CT molecular complexity index is 757. The van der Waals surface area contributed by atoms with Crippen LogP contribution in [0.1, 0.15) is 30.4 Å². The lowest BCUT2D eigenvalue weighted by molar-refractivity contribution is -0.0936. The quantitative estimate of drug-likeness (QED) is 0.594. The van der Waals surface area contributed by atoms with Crippen LogP contribution in [0.25, 0.3) is 0 Å². The summed E-state index contributed by atoms with van der Waals surface area (Å²) in [6.45, 7) is 0. The minimum absolute atomic E-state index is 0.00347. The van der Waals surface area contributed by atoms with E-state index in [1.807, 2.05) is 0 Å². The zero-order valence-electron chi connectivity index (χ0n) is 11.8. The Balaban J connectivity index is 1.71. The standard InChI is InChI=1S/C15H13F2N3O3/c16-15(17)7-10(8-15)5-4-9-2-1-3-11(6-9)23-13-12(14(21)22)18-20-19-13/h1-3,6,10,14,21-22H,7-8H2,(H,18,19,20). The van der Waals surface area contributed by atoms with E-state index >= 15 is 0 Å². The van der Waals surface area contributed by atoms with E-state index in [1.165, 1.54) is 0 Å². The zero-order valence-corrected chi connectivity index (χ0v) is 11.8. The fourth-order valence-electron chi connectivity index (χ4n) is 2.17. The summed E-state index contributed by atoms with van der Waals surface area (Å²) in [5.74, 6) is 3.16. The monoisotopic (exact) mass is 321 g/mol. The van der Waals surface area contributed by atoms with Gasteiger partial charge in [-0.05, 0) is 18.2 Å². The molecule has 1 aromatic heterocycles. The van der Waals surface area contributed by atoms with Crippen molar-refractivity contribution < 1.29 is 23.7 Å². The highest BCUT2D eigenvalue weighted by Gasteiger charge is 2.44. The van der Waals surface area contributed by atoms with Gasteiger partial charge in [0.1, 0.15) is 5.75 Å². The van der Waals surface area contributed by atoms with Gasteiger partial charge in [0.25, 0.3) is 5.92 Å². The van der Waals surface area contributed by atoms with E-state index < -0.39 is 12.2 Å². The van der Waals surface area contributed by atoms with Crippen molar-refractivity contribution in [3.63, 3.8) is 0 Å². The first-order chi connectivity index (χ1) is 10.9. The number of ether oxygens (including phenoxy) is 1. The van der Waals surface area contributed by atoms with Crippen LogP contribution >= 0.6 is 0 Å². The van der Waals surface area contributed by atoms with Gasteiger partial charge in [-0.25, -0.2) is 13.9 Å². The molecule has 2 aromatic rings. The summed E-state index contributed by atoms with van der Waals surface area (Å²) in [5.41, 5.74) is 0.467. The van der Waals surface area contributed by atoms with E-state index in [1.54, 1.807) is 24.3 Å². The molecule has 23 heavy (non-hydrogen) atoms. The third kappa shape index (κ3) is 3.64. The Morgan fingerprint density at radius 1 is 1.35 bits per heavy atom. The van der Waals surface area contributed by atoms with Crippen LogP contribution < -0.4 is 4.74 Å². The third-order valence-corrected chi connectivity index (χ3v) is 3.35. The van der Waals surface area contributed by atoms with Gasteiger partial charge in [0.15, 0.2) is 5.69 Å². The number of benzene rings is 1. The van der Waals surface area contributed by atoms with Crippen molar-refractivity contribution in [1.82, 2.24) is 15.4 Å². The predicted molar refractivity (Wildman–Crippen MR) is 74.6 cm³/mol. The number of H-pyrrole nitrogens is 1. The normalized spacial score (nSPS) is 16.6. The molecule has 3 N–H and O–H groups in total. The van der Waals surface area contributed by atoms with Crippen LogP contribution in [0.3, 0.4) is 0 Å². The third-order valence-electron chi connectivity index (χ3n) is 3.35. The molecule has 1 aliphatic rings. The molecule has 3 rings (SSSR count). The number of rotatable bonds is 3. The highest BCUT2D eigenvalue weighted by molar-refractivity contribution is 5.41. The van der Waals surface area contributed by atoms with Crippen LogP contribution in [-0.4, -0.2) is 31.5 Å². The number of aliphatic hydroxyl groups is 2. The van der Waals surface area contributed by atoms with Crippen LogP contribution in [0, 0.1) is 17.8 Å². The van der Waals surface area contributed by atoms with E-state index in [4.69, 9.17) is 14.9 Å². The fourth-order valence-corrected chi connectivity index (χ4v) is 2.17. The van der Waals surface area contributed by atoms with Crippen molar-refractivity contribution in [3.8, 4) is 23.5 Å². The summed E-state index contributed by atoms with van der Waals surface area (Å²) in [5, 5.41) is 27.6. The Labute approximate surface area is 130 Å². The molecular formula is C15H13F2N3O3. The zero-order chi connectivity index (χ0) is 16.4. The van der Waals surface area contributed by atoms with Crippen molar-refractivity contribution in [2.75, 3.05) is 0 Å². The molecule has 0 unspecified atom stereocenters. The molecule has 0 amide bonds. The highest BCUT2D eigenvalue weighted by atomic mass is 19.3. The molecule has 0 saturated heterocycles. The van der Waals surface area contributed by atoms with Crippen molar-refractivity contribution in [2.45, 2.75) is 25.1 Å². The van der Waals surface area contributed by atoms with Gasteiger partial charge in [0, 0.05) is 24.3 Å². The van der Waals surface area contributed by atoms with Crippen molar-refractivity contribution in [3.05, 3.63) is 35.5 Å². The molecule has 1 aliphatic carbocycles. The van der Waals surface area contributed by atoms with E-state index in [-0.39, 0.29) is 30.3 Å². The Hall–Kier alpha value is -2.50. The summed E-state index contributed by atoms with van der Waals surface area (Å²) in [6, 6.07) is 6.66. The average Bonchev–Trinajstić information content (AvgIpc) is 2.91. The van der Waals surface area contributed by atoms with Gasteiger partial charge < -0.3 is 14.9 Å². The first-order valence-electron chi connectivity index (χ1n) is 6.87. The van der Waals surface area contributed by atoms with Gasteiger partial charge in [0.05, 0.1) is 0 Å². The lowest BCUT2D eigenvalue weighted by Crippen LogP contribution is -2.34. The molecule has 8 heteroatoms. The Morgan fingerprint density at radius 2 is 2.13 bits per heavy atom. The van der Waals surface area contributed by atoms with Gasteiger partial charge in [-0.3, -0.25) is 0 Å². The van der Waals surface area contributed by atoms with Gasteiger partial charge in [0.2, 0.25) is 12.2 Å². The second-order valence-corrected chi connectivity index (χ2v) is 5.26. The first kappa shape index (κ1) is 15.4. The minimum atomic E-state index is -2.58. The van der Waals surface area contributed by atoms with E-state index in [2.05, 4.69) is 27.3 Å². The number of hydrogen-bond donors (Lipinski definition) is 3. The lowest BCUT2D eigenvalue weighted by atomic mass is 9.82. The Kier molecular flexibility index (Phi) is 3.98. The van der Waals surface area contributed by atoms with Gasteiger partial charge in [-0.1, -0.05) is 23.1 Å². The number of hydrogen-bond acceptors (Lipinski definition) is 5. The van der Waals surface area contributed by atoms with Gasteiger partial charge in [-0.15, -0.1) is 5.10 Å². The molecule has 1 heterocycles. The molecule has 1 fully saturated rings. The smallest absolute Gasteiger partial charge is 0.250 e. The first-order valence-corrected chi connectivity index (χ1v) is 6.87. The highest BCUT2D eigenvalue weighted by Crippen LogP contribution is 2.41. The topological polar surface area (TPSA) is 91.3 Å². The molecule has 0 radical (unpaired) electrons. The molecule has 0 aliphatic heterocycles. The molecule has 1 saturated carbocycles. The second-order valence-electron chi connectivity index (χ2n) is 5.26. The SMILES string of the molecule is OC(O)c1nn[nH]c1Oc1cccc(C#CC2CC(F)(F)C2)c1. The van der Waals surface area contributed by atoms with Crippen LogP contribution in [0.5, 0.6) is 11.6 Å². The summed E-state index contributed by atoms with van der Waals surface area (Å²) in [4.78, 5) is 0.